The van der Waals surface area contributed by atoms with Gasteiger partial charge in [0.2, 0.25) is 5.91 Å². The summed E-state index contributed by atoms with van der Waals surface area (Å²) in [5.74, 6) is 0.267. The molecule has 0 aliphatic heterocycles. The van der Waals surface area contributed by atoms with Crippen LogP contribution in [0.15, 0.2) is 60.7 Å². The summed E-state index contributed by atoms with van der Waals surface area (Å²) in [5, 5.41) is 3.11. The highest BCUT2D eigenvalue weighted by Crippen LogP contribution is 2.22. The molecule has 1 N–H and O–H groups in total. The lowest BCUT2D eigenvalue weighted by Crippen LogP contribution is -2.30. The summed E-state index contributed by atoms with van der Waals surface area (Å²) < 4.78 is 0. The standard InChI is InChI=1S/C21H25NO/c1-4-17-10-13-19(14-11-17)21(16(2)3)22-20(23)15-12-18-8-6-5-7-9-18/h5-16,21H,4H2,1-3H3,(H,22,23)/b15-12+/t21-/m1/s1. The summed E-state index contributed by atoms with van der Waals surface area (Å²) >= 11 is 0. The minimum absolute atomic E-state index is 0.0221. The Bertz CT molecular complexity index is 641. The number of carbonyl (C=O) groups excluding carboxylic acids is 1. The van der Waals surface area contributed by atoms with Crippen LogP contribution in [-0.2, 0) is 11.2 Å². The molecule has 2 aromatic carbocycles. The maximum Gasteiger partial charge on any atom is 0.244 e. The monoisotopic (exact) mass is 307 g/mol. The quantitative estimate of drug-likeness (QED) is 0.765. The zero-order valence-electron chi connectivity index (χ0n) is 14.1. The molecule has 23 heavy (non-hydrogen) atoms. The zero-order valence-corrected chi connectivity index (χ0v) is 14.1. The fraction of sp³-hybridized carbons (Fsp3) is 0.286. The number of amides is 1. The molecule has 0 heterocycles. The van der Waals surface area contributed by atoms with Crippen LogP contribution in [0.4, 0.5) is 0 Å². The third-order valence-corrected chi connectivity index (χ3v) is 3.94. The zero-order chi connectivity index (χ0) is 16.7. The van der Waals surface area contributed by atoms with E-state index < -0.39 is 0 Å². The summed E-state index contributed by atoms with van der Waals surface area (Å²) in [5.41, 5.74) is 3.49. The largest absolute Gasteiger partial charge is 0.345 e. The van der Waals surface area contributed by atoms with Crippen LogP contribution in [0.25, 0.3) is 6.08 Å². The normalized spacial score (nSPS) is 12.5. The van der Waals surface area contributed by atoms with Crippen molar-refractivity contribution in [1.82, 2.24) is 5.32 Å². The molecule has 0 spiro atoms. The number of aryl methyl sites for hydroxylation is 1. The van der Waals surface area contributed by atoms with E-state index in [0.717, 1.165) is 17.5 Å². The van der Waals surface area contributed by atoms with E-state index in [4.69, 9.17) is 0 Å². The number of carbonyl (C=O) groups is 1. The van der Waals surface area contributed by atoms with Gasteiger partial charge in [0.05, 0.1) is 6.04 Å². The molecule has 1 amide bonds. The number of hydrogen-bond donors (Lipinski definition) is 1. The maximum atomic E-state index is 12.2. The van der Waals surface area contributed by atoms with E-state index >= 15 is 0 Å². The van der Waals surface area contributed by atoms with Crippen molar-refractivity contribution < 1.29 is 4.79 Å². The second-order valence-electron chi connectivity index (χ2n) is 6.07. The van der Waals surface area contributed by atoms with Crippen molar-refractivity contribution in [3.05, 3.63) is 77.4 Å². The van der Waals surface area contributed by atoms with Crippen molar-refractivity contribution in [3.8, 4) is 0 Å². The molecule has 1 atom stereocenters. The topological polar surface area (TPSA) is 29.1 Å². The van der Waals surface area contributed by atoms with Gasteiger partial charge in [-0.05, 0) is 35.1 Å². The van der Waals surface area contributed by atoms with Crippen LogP contribution in [-0.4, -0.2) is 5.91 Å². The molecule has 2 aromatic rings. The first-order valence-corrected chi connectivity index (χ1v) is 8.22. The summed E-state index contributed by atoms with van der Waals surface area (Å²) in [6.07, 6.45) is 4.47. The molecule has 0 aliphatic rings. The smallest absolute Gasteiger partial charge is 0.244 e. The Kier molecular flexibility index (Phi) is 6.16. The van der Waals surface area contributed by atoms with Crippen molar-refractivity contribution in [2.24, 2.45) is 5.92 Å². The lowest BCUT2D eigenvalue weighted by atomic mass is 9.95. The molecule has 0 saturated heterocycles. The highest BCUT2D eigenvalue weighted by Gasteiger charge is 2.17. The van der Waals surface area contributed by atoms with Crippen molar-refractivity contribution >= 4 is 12.0 Å². The predicted octanol–water partition coefficient (Wildman–Crippen LogP) is 4.78. The Labute approximate surface area is 139 Å². The third-order valence-electron chi connectivity index (χ3n) is 3.94. The summed E-state index contributed by atoms with van der Waals surface area (Å²) in [6.45, 7) is 6.39. The Morgan fingerprint density at radius 3 is 2.26 bits per heavy atom. The fourth-order valence-electron chi connectivity index (χ4n) is 2.53. The average Bonchev–Trinajstić information content (AvgIpc) is 2.58. The van der Waals surface area contributed by atoms with E-state index in [1.54, 1.807) is 6.08 Å². The number of benzene rings is 2. The molecular formula is C21H25NO. The Morgan fingerprint density at radius 2 is 1.70 bits per heavy atom. The Morgan fingerprint density at radius 1 is 1.04 bits per heavy atom. The molecule has 2 nitrogen and oxygen atoms in total. The second kappa shape index (κ2) is 8.33. The van der Waals surface area contributed by atoms with E-state index in [1.165, 1.54) is 5.56 Å². The van der Waals surface area contributed by atoms with Gasteiger partial charge in [-0.2, -0.15) is 0 Å². The van der Waals surface area contributed by atoms with E-state index in [1.807, 2.05) is 36.4 Å². The minimum atomic E-state index is -0.0629. The van der Waals surface area contributed by atoms with Crippen molar-refractivity contribution in [2.45, 2.75) is 33.2 Å². The maximum absolute atomic E-state index is 12.2. The number of hydrogen-bond acceptors (Lipinski definition) is 1. The van der Waals surface area contributed by atoms with Crippen LogP contribution in [0, 0.1) is 5.92 Å². The fourth-order valence-corrected chi connectivity index (χ4v) is 2.53. The van der Waals surface area contributed by atoms with Gasteiger partial charge < -0.3 is 5.32 Å². The van der Waals surface area contributed by atoms with Crippen LogP contribution >= 0.6 is 0 Å². The Hall–Kier alpha value is -2.35. The lowest BCUT2D eigenvalue weighted by Gasteiger charge is -2.22. The molecule has 0 aliphatic carbocycles. The van der Waals surface area contributed by atoms with Crippen molar-refractivity contribution in [3.63, 3.8) is 0 Å². The van der Waals surface area contributed by atoms with Crippen LogP contribution in [0.5, 0.6) is 0 Å². The first-order chi connectivity index (χ1) is 11.1. The minimum Gasteiger partial charge on any atom is -0.345 e. The first kappa shape index (κ1) is 17.0. The molecule has 0 bridgehead atoms. The van der Waals surface area contributed by atoms with Gasteiger partial charge in [0.25, 0.3) is 0 Å². The van der Waals surface area contributed by atoms with E-state index in [0.29, 0.717) is 5.92 Å². The molecule has 0 unspecified atom stereocenters. The molecular weight excluding hydrogens is 282 g/mol. The summed E-state index contributed by atoms with van der Waals surface area (Å²) in [7, 11) is 0. The average molecular weight is 307 g/mol. The number of rotatable bonds is 6. The van der Waals surface area contributed by atoms with Crippen LogP contribution in [0.1, 0.15) is 43.5 Å². The first-order valence-electron chi connectivity index (χ1n) is 8.22. The van der Waals surface area contributed by atoms with Crippen LogP contribution in [0.2, 0.25) is 0 Å². The van der Waals surface area contributed by atoms with Gasteiger partial charge in [-0.3, -0.25) is 4.79 Å². The van der Waals surface area contributed by atoms with Gasteiger partial charge in [-0.1, -0.05) is 75.4 Å². The third kappa shape index (κ3) is 5.10. The van der Waals surface area contributed by atoms with E-state index in [9.17, 15) is 4.79 Å². The van der Waals surface area contributed by atoms with Gasteiger partial charge in [-0.25, -0.2) is 0 Å². The van der Waals surface area contributed by atoms with E-state index in [-0.39, 0.29) is 11.9 Å². The van der Waals surface area contributed by atoms with Gasteiger partial charge in [0, 0.05) is 6.08 Å². The van der Waals surface area contributed by atoms with Gasteiger partial charge in [0.1, 0.15) is 0 Å². The van der Waals surface area contributed by atoms with Crippen LogP contribution in [0.3, 0.4) is 0 Å². The highest BCUT2D eigenvalue weighted by molar-refractivity contribution is 5.92. The molecule has 2 heteroatoms. The van der Waals surface area contributed by atoms with Gasteiger partial charge in [0.15, 0.2) is 0 Å². The van der Waals surface area contributed by atoms with Crippen LogP contribution < -0.4 is 5.32 Å². The molecule has 0 saturated carbocycles. The Balaban J connectivity index is 2.06. The molecule has 2 rings (SSSR count). The predicted molar refractivity (Wildman–Crippen MR) is 97.0 cm³/mol. The van der Waals surface area contributed by atoms with Crippen molar-refractivity contribution in [1.29, 1.82) is 0 Å². The van der Waals surface area contributed by atoms with Gasteiger partial charge >= 0.3 is 0 Å². The molecule has 0 fully saturated rings. The molecule has 0 radical (unpaired) electrons. The molecule has 0 aromatic heterocycles. The van der Waals surface area contributed by atoms with Crippen molar-refractivity contribution in [2.75, 3.05) is 0 Å². The highest BCUT2D eigenvalue weighted by atomic mass is 16.1. The summed E-state index contributed by atoms with van der Waals surface area (Å²) in [4.78, 5) is 12.2. The summed E-state index contributed by atoms with van der Waals surface area (Å²) in [6, 6.07) is 18.4. The second-order valence-corrected chi connectivity index (χ2v) is 6.07. The van der Waals surface area contributed by atoms with E-state index in [2.05, 4.69) is 50.4 Å². The van der Waals surface area contributed by atoms with Gasteiger partial charge in [-0.15, -0.1) is 0 Å². The number of nitrogens with one attached hydrogen (secondary N) is 1. The SMILES string of the molecule is CCc1ccc([C@H](NC(=O)/C=C/c2ccccc2)C(C)C)cc1. The lowest BCUT2D eigenvalue weighted by molar-refractivity contribution is -0.117. The molecule has 120 valence electrons.